The van der Waals surface area contributed by atoms with Gasteiger partial charge in [0.2, 0.25) is 5.91 Å². The summed E-state index contributed by atoms with van der Waals surface area (Å²) < 4.78 is 5.16. The molecule has 2 atom stereocenters. The monoisotopic (exact) mass is 157 g/mol. The fourth-order valence-electron chi connectivity index (χ4n) is 1.62. The van der Waals surface area contributed by atoms with E-state index in [4.69, 9.17) is 10.5 Å². The Morgan fingerprint density at radius 3 is 2.82 bits per heavy atom. The Morgan fingerprint density at radius 1 is 1.55 bits per heavy atom. The van der Waals surface area contributed by atoms with Crippen molar-refractivity contribution in [3.63, 3.8) is 0 Å². The quantitative estimate of drug-likeness (QED) is 0.640. The van der Waals surface area contributed by atoms with Gasteiger partial charge in [-0.1, -0.05) is 6.42 Å². The highest BCUT2D eigenvalue weighted by atomic mass is 16.5. The number of ether oxygens (including phenoxy) is 1. The van der Waals surface area contributed by atoms with Gasteiger partial charge in [-0.25, -0.2) is 0 Å². The van der Waals surface area contributed by atoms with E-state index in [1.807, 2.05) is 0 Å². The van der Waals surface area contributed by atoms with Crippen molar-refractivity contribution >= 4 is 5.91 Å². The number of methoxy groups -OCH3 is 1. The second kappa shape index (κ2) is 3.72. The van der Waals surface area contributed by atoms with Crippen LogP contribution in [0.5, 0.6) is 0 Å². The van der Waals surface area contributed by atoms with Crippen molar-refractivity contribution in [2.75, 3.05) is 7.11 Å². The third kappa shape index (κ3) is 2.19. The number of rotatable bonds is 2. The Balaban J connectivity index is 2.39. The average Bonchev–Trinajstić information content (AvgIpc) is 2.05. The molecule has 3 nitrogen and oxygen atoms in total. The van der Waals surface area contributed by atoms with Crippen LogP contribution in [-0.4, -0.2) is 19.1 Å². The van der Waals surface area contributed by atoms with E-state index in [2.05, 4.69) is 0 Å². The molecule has 0 spiro atoms. The molecule has 0 heterocycles. The highest BCUT2D eigenvalue weighted by molar-refractivity contribution is 5.76. The molecule has 0 aromatic rings. The average molecular weight is 157 g/mol. The summed E-state index contributed by atoms with van der Waals surface area (Å²) in [4.78, 5) is 10.8. The first-order chi connectivity index (χ1) is 5.24. The van der Waals surface area contributed by atoms with Crippen LogP contribution in [0.3, 0.4) is 0 Å². The van der Waals surface area contributed by atoms with Crippen LogP contribution >= 0.6 is 0 Å². The van der Waals surface area contributed by atoms with Gasteiger partial charge in [-0.3, -0.25) is 4.79 Å². The lowest BCUT2D eigenvalue weighted by molar-refractivity contribution is -0.124. The van der Waals surface area contributed by atoms with Crippen LogP contribution in [0, 0.1) is 5.92 Å². The largest absolute Gasteiger partial charge is 0.381 e. The second-order valence-electron chi connectivity index (χ2n) is 3.12. The lowest BCUT2D eigenvalue weighted by atomic mass is 9.87. The molecule has 0 aliphatic heterocycles. The molecule has 0 aromatic heterocycles. The van der Waals surface area contributed by atoms with Gasteiger partial charge < -0.3 is 10.5 Å². The van der Waals surface area contributed by atoms with Crippen LogP contribution in [0.25, 0.3) is 0 Å². The van der Waals surface area contributed by atoms with Crippen LogP contribution < -0.4 is 5.73 Å². The van der Waals surface area contributed by atoms with Gasteiger partial charge in [0.05, 0.1) is 6.10 Å². The van der Waals surface area contributed by atoms with Gasteiger partial charge in [-0.05, 0) is 19.3 Å². The van der Waals surface area contributed by atoms with E-state index >= 15 is 0 Å². The first kappa shape index (κ1) is 8.53. The Morgan fingerprint density at radius 2 is 2.27 bits per heavy atom. The van der Waals surface area contributed by atoms with Crippen LogP contribution in [-0.2, 0) is 9.53 Å². The van der Waals surface area contributed by atoms with Gasteiger partial charge in [-0.2, -0.15) is 0 Å². The van der Waals surface area contributed by atoms with Crippen LogP contribution in [0.2, 0.25) is 0 Å². The number of carbonyl (C=O) groups excluding carboxylic acids is 1. The number of hydrogen-bond acceptors (Lipinski definition) is 2. The first-order valence-electron chi connectivity index (χ1n) is 4.06. The number of amides is 1. The van der Waals surface area contributed by atoms with E-state index in [1.165, 1.54) is 0 Å². The molecule has 11 heavy (non-hydrogen) atoms. The molecule has 1 saturated carbocycles. The summed E-state index contributed by atoms with van der Waals surface area (Å²) in [7, 11) is 1.69. The zero-order valence-corrected chi connectivity index (χ0v) is 6.88. The summed E-state index contributed by atoms with van der Waals surface area (Å²) in [5.41, 5.74) is 5.19. The Hall–Kier alpha value is -0.570. The predicted molar refractivity (Wildman–Crippen MR) is 41.9 cm³/mol. The molecule has 1 aliphatic carbocycles. The zero-order chi connectivity index (χ0) is 8.27. The Bertz CT molecular complexity index is 147. The minimum absolute atomic E-state index is 0.0497. The Kier molecular flexibility index (Phi) is 2.88. The van der Waals surface area contributed by atoms with Gasteiger partial charge in [-0.15, -0.1) is 0 Å². The first-order valence-corrected chi connectivity index (χ1v) is 4.06. The summed E-state index contributed by atoms with van der Waals surface area (Å²) in [6, 6.07) is 0. The van der Waals surface area contributed by atoms with E-state index in [0.29, 0.717) is 0 Å². The molecule has 3 heteroatoms. The normalized spacial score (nSPS) is 31.7. The SMILES string of the molecule is CO[C@H]1CCC[C@@H](C(N)=O)C1. The van der Waals surface area contributed by atoms with Crippen LogP contribution in [0.4, 0.5) is 0 Å². The number of hydrogen-bond donors (Lipinski definition) is 1. The van der Waals surface area contributed by atoms with E-state index in [0.717, 1.165) is 25.7 Å². The second-order valence-corrected chi connectivity index (χ2v) is 3.12. The fourth-order valence-corrected chi connectivity index (χ4v) is 1.62. The van der Waals surface area contributed by atoms with Crippen molar-refractivity contribution in [1.29, 1.82) is 0 Å². The lowest BCUT2D eigenvalue weighted by Gasteiger charge is -2.25. The minimum atomic E-state index is -0.174. The molecule has 1 aliphatic rings. The summed E-state index contributed by atoms with van der Waals surface area (Å²) in [5, 5.41) is 0. The maximum Gasteiger partial charge on any atom is 0.220 e. The van der Waals surface area contributed by atoms with Crippen molar-refractivity contribution in [2.24, 2.45) is 11.7 Å². The van der Waals surface area contributed by atoms with Crippen molar-refractivity contribution in [1.82, 2.24) is 0 Å². The minimum Gasteiger partial charge on any atom is -0.381 e. The molecular weight excluding hydrogens is 142 g/mol. The maximum atomic E-state index is 10.8. The lowest BCUT2D eigenvalue weighted by Crippen LogP contribution is -2.31. The standard InChI is InChI=1S/C8H15NO2/c1-11-7-4-2-3-6(5-7)8(9)10/h6-7H,2-5H2,1H3,(H2,9,10)/t6-,7+/m1/s1. The number of primary amides is 1. The highest BCUT2D eigenvalue weighted by Gasteiger charge is 2.24. The third-order valence-corrected chi connectivity index (χ3v) is 2.36. The topological polar surface area (TPSA) is 52.3 Å². The molecule has 0 saturated heterocycles. The predicted octanol–water partition coefficient (Wildman–Crippen LogP) is 0.677. The van der Waals surface area contributed by atoms with Crippen molar-refractivity contribution in [3.05, 3.63) is 0 Å². The molecule has 1 fully saturated rings. The molecule has 0 bridgehead atoms. The summed E-state index contributed by atoms with van der Waals surface area (Å²) in [6.45, 7) is 0. The van der Waals surface area contributed by atoms with E-state index in [9.17, 15) is 4.79 Å². The molecular formula is C8H15NO2. The summed E-state index contributed by atoms with van der Waals surface area (Å²) in [6.07, 6.45) is 4.13. The smallest absolute Gasteiger partial charge is 0.220 e. The summed E-state index contributed by atoms with van der Waals surface area (Å²) >= 11 is 0. The van der Waals surface area contributed by atoms with Crippen molar-refractivity contribution < 1.29 is 9.53 Å². The molecule has 1 amide bonds. The fraction of sp³-hybridized carbons (Fsp3) is 0.875. The molecule has 2 N–H and O–H groups in total. The van der Waals surface area contributed by atoms with Crippen molar-refractivity contribution in [3.8, 4) is 0 Å². The molecule has 1 rings (SSSR count). The molecule has 0 radical (unpaired) electrons. The molecule has 0 aromatic carbocycles. The van der Waals surface area contributed by atoms with E-state index in [-0.39, 0.29) is 17.9 Å². The highest BCUT2D eigenvalue weighted by Crippen LogP contribution is 2.25. The van der Waals surface area contributed by atoms with Crippen LogP contribution in [0.1, 0.15) is 25.7 Å². The van der Waals surface area contributed by atoms with Crippen molar-refractivity contribution in [2.45, 2.75) is 31.8 Å². The van der Waals surface area contributed by atoms with Gasteiger partial charge >= 0.3 is 0 Å². The molecule has 0 unspecified atom stereocenters. The van der Waals surface area contributed by atoms with E-state index in [1.54, 1.807) is 7.11 Å². The maximum absolute atomic E-state index is 10.8. The molecule has 64 valence electrons. The number of nitrogens with two attached hydrogens (primary N) is 1. The van der Waals surface area contributed by atoms with E-state index < -0.39 is 0 Å². The number of carbonyl (C=O) groups is 1. The van der Waals surface area contributed by atoms with Gasteiger partial charge in [0.15, 0.2) is 0 Å². The zero-order valence-electron chi connectivity index (χ0n) is 6.88. The van der Waals surface area contributed by atoms with Crippen LogP contribution in [0.15, 0.2) is 0 Å². The van der Waals surface area contributed by atoms with Gasteiger partial charge in [0.1, 0.15) is 0 Å². The summed E-state index contributed by atoms with van der Waals surface area (Å²) in [5.74, 6) is -0.125. The van der Waals surface area contributed by atoms with Gasteiger partial charge in [0, 0.05) is 13.0 Å². The van der Waals surface area contributed by atoms with Gasteiger partial charge in [0.25, 0.3) is 0 Å². The third-order valence-electron chi connectivity index (χ3n) is 2.36. The Labute approximate surface area is 66.9 Å².